The van der Waals surface area contributed by atoms with Crippen LogP contribution in [0.5, 0.6) is 0 Å². The SMILES string of the molecule is N/N=C\NCc1nc2cnc3ccccc3c2n1C1CCOCC1. The summed E-state index contributed by atoms with van der Waals surface area (Å²) in [6.45, 7) is 2.13. The molecule has 0 radical (unpaired) electrons. The molecule has 0 spiro atoms. The predicted octanol–water partition coefficient (Wildman–Crippen LogP) is 1.93. The van der Waals surface area contributed by atoms with Gasteiger partial charge < -0.3 is 20.5 Å². The second-order valence-corrected chi connectivity index (χ2v) is 5.91. The van der Waals surface area contributed by atoms with E-state index in [1.165, 1.54) is 6.34 Å². The Bertz CT molecular complexity index is 881. The zero-order valence-corrected chi connectivity index (χ0v) is 13.4. The number of rotatable bonds is 4. The first-order chi connectivity index (χ1) is 11.9. The molecule has 7 nitrogen and oxygen atoms in total. The summed E-state index contributed by atoms with van der Waals surface area (Å²) >= 11 is 0. The van der Waals surface area contributed by atoms with Crippen LogP contribution in [0.3, 0.4) is 0 Å². The molecule has 4 rings (SSSR count). The van der Waals surface area contributed by atoms with Gasteiger partial charge in [-0.15, -0.1) is 0 Å². The Morgan fingerprint density at radius 1 is 1.29 bits per heavy atom. The Morgan fingerprint density at radius 3 is 2.96 bits per heavy atom. The van der Waals surface area contributed by atoms with Crippen LogP contribution in [0.2, 0.25) is 0 Å². The summed E-state index contributed by atoms with van der Waals surface area (Å²) in [6, 6.07) is 8.58. The number of ether oxygens (including phenoxy) is 1. The van der Waals surface area contributed by atoms with Gasteiger partial charge in [-0.05, 0) is 18.9 Å². The minimum atomic E-state index is 0.376. The van der Waals surface area contributed by atoms with Crippen molar-refractivity contribution < 1.29 is 4.74 Å². The van der Waals surface area contributed by atoms with Gasteiger partial charge in [0.1, 0.15) is 17.7 Å². The van der Waals surface area contributed by atoms with E-state index in [1.807, 2.05) is 24.4 Å². The number of aromatic nitrogens is 3. The molecule has 24 heavy (non-hydrogen) atoms. The summed E-state index contributed by atoms with van der Waals surface area (Å²) in [4.78, 5) is 9.34. The monoisotopic (exact) mass is 324 g/mol. The topological polar surface area (TPSA) is 90.4 Å². The van der Waals surface area contributed by atoms with E-state index < -0.39 is 0 Å². The number of hydrogen-bond donors (Lipinski definition) is 2. The first-order valence-corrected chi connectivity index (χ1v) is 8.16. The van der Waals surface area contributed by atoms with Crippen LogP contribution in [-0.4, -0.2) is 34.1 Å². The number of imidazole rings is 1. The molecule has 1 aliphatic rings. The van der Waals surface area contributed by atoms with Gasteiger partial charge in [-0.1, -0.05) is 18.2 Å². The minimum absolute atomic E-state index is 0.376. The van der Waals surface area contributed by atoms with Gasteiger partial charge in [0.05, 0.1) is 23.8 Å². The van der Waals surface area contributed by atoms with Gasteiger partial charge in [0.25, 0.3) is 0 Å². The van der Waals surface area contributed by atoms with E-state index in [4.69, 9.17) is 15.6 Å². The quantitative estimate of drug-likeness (QED) is 0.331. The molecule has 1 aliphatic heterocycles. The van der Waals surface area contributed by atoms with Crippen molar-refractivity contribution in [1.29, 1.82) is 0 Å². The van der Waals surface area contributed by atoms with Crippen molar-refractivity contribution >= 4 is 28.3 Å². The van der Waals surface area contributed by atoms with E-state index >= 15 is 0 Å². The van der Waals surface area contributed by atoms with Crippen LogP contribution in [0.1, 0.15) is 24.7 Å². The number of nitrogens with one attached hydrogen (secondary N) is 1. The van der Waals surface area contributed by atoms with E-state index in [0.717, 1.165) is 53.8 Å². The van der Waals surface area contributed by atoms with Crippen LogP contribution in [0.15, 0.2) is 35.6 Å². The third-order valence-electron chi connectivity index (χ3n) is 4.48. The maximum Gasteiger partial charge on any atom is 0.129 e. The second-order valence-electron chi connectivity index (χ2n) is 5.91. The molecule has 0 saturated carbocycles. The van der Waals surface area contributed by atoms with E-state index in [1.54, 1.807) is 0 Å². The molecule has 3 heterocycles. The third kappa shape index (κ3) is 2.56. The third-order valence-corrected chi connectivity index (χ3v) is 4.48. The maximum absolute atomic E-state index is 5.54. The standard InChI is InChI=1S/C17H20N6O/c18-21-11-19-10-16-22-15-9-20-14-4-2-1-3-13(14)17(15)23(16)12-5-7-24-8-6-12/h1-4,9,11-12H,5-8,10,18H2,(H,19,21). The van der Waals surface area contributed by atoms with Crippen molar-refractivity contribution in [2.45, 2.75) is 25.4 Å². The minimum Gasteiger partial charge on any atom is -0.381 e. The number of hydrazone groups is 1. The van der Waals surface area contributed by atoms with Gasteiger partial charge >= 0.3 is 0 Å². The van der Waals surface area contributed by atoms with E-state index in [9.17, 15) is 0 Å². The zero-order chi connectivity index (χ0) is 16.4. The summed E-state index contributed by atoms with van der Waals surface area (Å²) < 4.78 is 7.88. The number of hydrogen-bond acceptors (Lipinski definition) is 5. The van der Waals surface area contributed by atoms with Crippen molar-refractivity contribution in [3.05, 3.63) is 36.3 Å². The molecule has 7 heteroatoms. The molecule has 1 saturated heterocycles. The largest absolute Gasteiger partial charge is 0.381 e. The molecular formula is C17H20N6O. The molecule has 3 aromatic rings. The Morgan fingerprint density at radius 2 is 2.12 bits per heavy atom. The van der Waals surface area contributed by atoms with Crippen molar-refractivity contribution in [1.82, 2.24) is 19.9 Å². The summed E-state index contributed by atoms with van der Waals surface area (Å²) in [6.07, 6.45) is 5.32. The summed E-state index contributed by atoms with van der Waals surface area (Å²) in [5.41, 5.74) is 3.05. The lowest BCUT2D eigenvalue weighted by molar-refractivity contribution is 0.0699. The summed E-state index contributed by atoms with van der Waals surface area (Å²) in [5, 5.41) is 7.71. The van der Waals surface area contributed by atoms with Gasteiger partial charge in [0, 0.05) is 24.6 Å². The lowest BCUT2D eigenvalue weighted by Gasteiger charge is -2.26. The molecule has 124 valence electrons. The van der Waals surface area contributed by atoms with Crippen LogP contribution in [0.25, 0.3) is 21.9 Å². The zero-order valence-electron chi connectivity index (χ0n) is 13.4. The highest BCUT2D eigenvalue weighted by Crippen LogP contribution is 2.31. The highest BCUT2D eigenvalue weighted by atomic mass is 16.5. The Balaban J connectivity index is 1.91. The van der Waals surface area contributed by atoms with Crippen LogP contribution < -0.4 is 11.2 Å². The van der Waals surface area contributed by atoms with Crippen LogP contribution >= 0.6 is 0 Å². The van der Waals surface area contributed by atoms with Crippen molar-refractivity contribution in [2.24, 2.45) is 10.9 Å². The van der Waals surface area contributed by atoms with Crippen molar-refractivity contribution in [2.75, 3.05) is 13.2 Å². The van der Waals surface area contributed by atoms with Crippen LogP contribution in [-0.2, 0) is 11.3 Å². The molecule has 3 N–H and O–H groups in total. The van der Waals surface area contributed by atoms with Gasteiger partial charge in [-0.3, -0.25) is 4.98 Å². The van der Waals surface area contributed by atoms with Crippen LogP contribution in [0.4, 0.5) is 0 Å². The highest BCUT2D eigenvalue weighted by molar-refractivity contribution is 6.02. The molecule has 0 bridgehead atoms. The first-order valence-electron chi connectivity index (χ1n) is 8.16. The Kier molecular flexibility index (Phi) is 4.00. The summed E-state index contributed by atoms with van der Waals surface area (Å²) in [5.74, 6) is 6.14. The average Bonchev–Trinajstić information content (AvgIpc) is 3.01. The fourth-order valence-electron chi connectivity index (χ4n) is 3.42. The smallest absolute Gasteiger partial charge is 0.129 e. The van der Waals surface area contributed by atoms with E-state index in [0.29, 0.717) is 12.6 Å². The average molecular weight is 324 g/mol. The van der Waals surface area contributed by atoms with Crippen molar-refractivity contribution in [3.63, 3.8) is 0 Å². The molecule has 0 aliphatic carbocycles. The van der Waals surface area contributed by atoms with Gasteiger partial charge in [0.15, 0.2) is 0 Å². The van der Waals surface area contributed by atoms with Crippen molar-refractivity contribution in [3.8, 4) is 0 Å². The fourth-order valence-corrected chi connectivity index (χ4v) is 3.42. The normalized spacial score (nSPS) is 16.3. The highest BCUT2D eigenvalue weighted by Gasteiger charge is 2.23. The molecule has 0 amide bonds. The number of nitrogens with zero attached hydrogens (tertiary/aromatic N) is 4. The second kappa shape index (κ2) is 6.45. The van der Waals surface area contributed by atoms with E-state index in [2.05, 4.69) is 26.0 Å². The van der Waals surface area contributed by atoms with Gasteiger partial charge in [-0.25, -0.2) is 4.98 Å². The number of benzene rings is 1. The molecular weight excluding hydrogens is 304 g/mol. The maximum atomic E-state index is 5.54. The number of para-hydroxylation sites is 1. The number of fused-ring (bicyclic) bond motifs is 3. The van der Waals surface area contributed by atoms with E-state index in [-0.39, 0.29) is 0 Å². The predicted molar refractivity (Wildman–Crippen MR) is 93.6 cm³/mol. The summed E-state index contributed by atoms with van der Waals surface area (Å²) in [7, 11) is 0. The molecule has 2 aromatic heterocycles. The molecule has 0 unspecified atom stereocenters. The first kappa shape index (κ1) is 14.9. The van der Waals surface area contributed by atoms with Crippen LogP contribution in [0, 0.1) is 0 Å². The van der Waals surface area contributed by atoms with Gasteiger partial charge in [-0.2, -0.15) is 5.10 Å². The molecule has 1 aromatic carbocycles. The van der Waals surface area contributed by atoms with Gasteiger partial charge in [0.2, 0.25) is 0 Å². The lowest BCUT2D eigenvalue weighted by atomic mass is 10.1. The Hall–Kier alpha value is -2.67. The molecule has 0 atom stereocenters. The number of pyridine rings is 1. The molecule has 1 fully saturated rings. The lowest BCUT2D eigenvalue weighted by Crippen LogP contribution is -2.23. The number of nitrogens with two attached hydrogens (primary N) is 1. The fraction of sp³-hybridized carbons (Fsp3) is 0.353. The Labute approximate surface area is 139 Å².